The quantitative estimate of drug-likeness (QED) is 0.444. The summed E-state index contributed by atoms with van der Waals surface area (Å²) in [7, 11) is 3.11. The summed E-state index contributed by atoms with van der Waals surface area (Å²) in [4.78, 5) is 17.7. The minimum Gasteiger partial charge on any atom is -0.497 e. The zero-order valence-electron chi connectivity index (χ0n) is 16.9. The summed E-state index contributed by atoms with van der Waals surface area (Å²) in [5, 5.41) is 4.21. The van der Waals surface area contributed by atoms with Gasteiger partial charge in [0, 0.05) is 22.2 Å². The number of para-hydroxylation sites is 1. The van der Waals surface area contributed by atoms with E-state index in [1.54, 1.807) is 62.8 Å². The zero-order chi connectivity index (χ0) is 21.8. The number of nitrogens with zero attached hydrogens (tertiary/aromatic N) is 1. The molecule has 0 aliphatic carbocycles. The molecule has 0 spiro atoms. The van der Waals surface area contributed by atoms with Crippen molar-refractivity contribution in [1.29, 1.82) is 0 Å². The minimum atomic E-state index is -0.363. The Labute approximate surface area is 183 Å². The number of fused-ring (bicyclic) bond motifs is 1. The number of halogens is 1. The van der Waals surface area contributed by atoms with Crippen molar-refractivity contribution in [2.45, 2.75) is 0 Å². The number of ether oxygens (including phenoxy) is 2. The zero-order valence-corrected chi connectivity index (χ0v) is 17.6. The van der Waals surface area contributed by atoms with E-state index in [4.69, 9.17) is 25.5 Å². The Morgan fingerprint density at radius 3 is 2.48 bits per heavy atom. The van der Waals surface area contributed by atoms with Crippen LogP contribution < -0.4 is 20.3 Å². The van der Waals surface area contributed by atoms with Crippen molar-refractivity contribution in [2.75, 3.05) is 19.5 Å². The Balaban J connectivity index is 1.87. The van der Waals surface area contributed by atoms with Crippen molar-refractivity contribution in [3.63, 3.8) is 0 Å². The summed E-state index contributed by atoms with van der Waals surface area (Å²) in [5.74, 6) is 0.762. The minimum absolute atomic E-state index is 0.150. The molecule has 1 N–H and O–H groups in total. The molecule has 7 heteroatoms. The van der Waals surface area contributed by atoms with Gasteiger partial charge in [-0.25, -0.2) is 4.99 Å². The van der Waals surface area contributed by atoms with Gasteiger partial charge in [-0.05, 0) is 48.5 Å². The van der Waals surface area contributed by atoms with E-state index < -0.39 is 0 Å². The molecule has 0 radical (unpaired) electrons. The number of carbonyl (C=O) groups is 1. The van der Waals surface area contributed by atoms with Crippen LogP contribution in [0.2, 0.25) is 5.02 Å². The van der Waals surface area contributed by atoms with Crippen molar-refractivity contribution in [3.8, 4) is 11.5 Å². The lowest BCUT2D eigenvalue weighted by molar-refractivity contribution is 0.102. The SMILES string of the molecule is COc1ccc(OC)c(N=c2oc3ccccc3cc2C(=O)Nc2ccc(Cl)cc2)c1. The van der Waals surface area contributed by atoms with E-state index in [9.17, 15) is 4.79 Å². The van der Waals surface area contributed by atoms with E-state index in [-0.39, 0.29) is 17.0 Å². The molecule has 31 heavy (non-hydrogen) atoms. The predicted molar refractivity (Wildman–Crippen MR) is 120 cm³/mol. The molecular formula is C24H19ClN2O4. The van der Waals surface area contributed by atoms with Gasteiger partial charge in [0.25, 0.3) is 5.91 Å². The van der Waals surface area contributed by atoms with Gasteiger partial charge in [-0.15, -0.1) is 0 Å². The van der Waals surface area contributed by atoms with Crippen LogP contribution in [-0.4, -0.2) is 20.1 Å². The Hall–Kier alpha value is -3.77. The molecule has 0 fully saturated rings. The average Bonchev–Trinajstić information content (AvgIpc) is 2.80. The number of nitrogens with one attached hydrogen (secondary N) is 1. The molecule has 0 saturated carbocycles. The van der Waals surface area contributed by atoms with E-state index in [1.807, 2.05) is 24.3 Å². The lowest BCUT2D eigenvalue weighted by atomic mass is 10.1. The standard InChI is InChI=1S/C24H19ClN2O4/c1-29-18-11-12-22(30-2)20(14-18)27-24-19(13-15-5-3-4-6-21(15)31-24)23(28)26-17-9-7-16(25)8-10-17/h3-14H,1-2H3,(H,26,28). The van der Waals surface area contributed by atoms with Crippen molar-refractivity contribution >= 4 is 39.9 Å². The van der Waals surface area contributed by atoms with E-state index in [0.717, 1.165) is 5.39 Å². The molecule has 0 unspecified atom stereocenters. The molecule has 0 atom stereocenters. The highest BCUT2D eigenvalue weighted by atomic mass is 35.5. The van der Waals surface area contributed by atoms with Crippen LogP contribution in [0.3, 0.4) is 0 Å². The Morgan fingerprint density at radius 1 is 0.968 bits per heavy atom. The highest BCUT2D eigenvalue weighted by Crippen LogP contribution is 2.31. The molecule has 4 aromatic rings. The van der Waals surface area contributed by atoms with Crippen LogP contribution in [0.25, 0.3) is 11.0 Å². The van der Waals surface area contributed by atoms with Gasteiger partial charge in [0.05, 0.1) is 14.2 Å². The number of anilines is 1. The number of hydrogen-bond donors (Lipinski definition) is 1. The molecule has 4 rings (SSSR count). The second-order valence-corrected chi connectivity index (χ2v) is 7.05. The molecule has 0 aliphatic rings. The van der Waals surface area contributed by atoms with Crippen LogP contribution >= 0.6 is 11.6 Å². The second-order valence-electron chi connectivity index (χ2n) is 6.61. The van der Waals surface area contributed by atoms with Crippen molar-refractivity contribution in [3.05, 3.63) is 88.9 Å². The molecule has 0 saturated heterocycles. The van der Waals surface area contributed by atoms with Gasteiger partial charge < -0.3 is 19.2 Å². The number of benzene rings is 3. The summed E-state index contributed by atoms with van der Waals surface area (Å²) < 4.78 is 16.7. The number of methoxy groups -OCH3 is 2. The number of rotatable bonds is 5. The lowest BCUT2D eigenvalue weighted by Gasteiger charge is -2.09. The van der Waals surface area contributed by atoms with E-state index in [1.165, 1.54) is 0 Å². The Kier molecular flexibility index (Phi) is 5.91. The molecule has 6 nitrogen and oxygen atoms in total. The number of amides is 1. The van der Waals surface area contributed by atoms with Gasteiger partial charge in [0.2, 0.25) is 5.55 Å². The predicted octanol–water partition coefficient (Wildman–Crippen LogP) is 5.59. The summed E-state index contributed by atoms with van der Waals surface area (Å²) in [5.41, 5.74) is 2.11. The van der Waals surface area contributed by atoms with Gasteiger partial charge in [0.15, 0.2) is 0 Å². The second kappa shape index (κ2) is 8.93. The Morgan fingerprint density at radius 2 is 1.74 bits per heavy atom. The molecule has 3 aromatic carbocycles. The van der Waals surface area contributed by atoms with Crippen LogP contribution in [0.1, 0.15) is 10.4 Å². The monoisotopic (exact) mass is 434 g/mol. The fourth-order valence-corrected chi connectivity index (χ4v) is 3.17. The molecular weight excluding hydrogens is 416 g/mol. The van der Waals surface area contributed by atoms with Crippen molar-refractivity contribution in [2.24, 2.45) is 4.99 Å². The largest absolute Gasteiger partial charge is 0.497 e. The van der Waals surface area contributed by atoms with E-state index in [0.29, 0.717) is 33.5 Å². The third-order valence-corrected chi connectivity index (χ3v) is 4.86. The highest BCUT2D eigenvalue weighted by Gasteiger charge is 2.14. The van der Waals surface area contributed by atoms with Crippen LogP contribution in [0.4, 0.5) is 11.4 Å². The Bertz CT molecular complexity index is 1310. The van der Waals surface area contributed by atoms with Crippen LogP contribution in [-0.2, 0) is 0 Å². The number of carbonyl (C=O) groups excluding carboxylic acids is 1. The smallest absolute Gasteiger partial charge is 0.261 e. The summed E-state index contributed by atoms with van der Waals surface area (Å²) >= 11 is 5.93. The van der Waals surface area contributed by atoms with Crippen molar-refractivity contribution < 1.29 is 18.7 Å². The molecule has 1 aromatic heterocycles. The van der Waals surface area contributed by atoms with Gasteiger partial charge in [-0.1, -0.05) is 29.8 Å². The normalized spacial score (nSPS) is 11.4. The fraction of sp³-hybridized carbons (Fsp3) is 0.0833. The van der Waals surface area contributed by atoms with E-state index in [2.05, 4.69) is 10.3 Å². The first-order valence-electron chi connectivity index (χ1n) is 9.44. The summed E-state index contributed by atoms with van der Waals surface area (Å²) in [6.07, 6.45) is 0. The molecule has 1 heterocycles. The third-order valence-electron chi connectivity index (χ3n) is 4.61. The van der Waals surface area contributed by atoms with Gasteiger partial charge >= 0.3 is 0 Å². The maximum absolute atomic E-state index is 13.1. The molecule has 1 amide bonds. The van der Waals surface area contributed by atoms with Crippen LogP contribution in [0, 0.1) is 0 Å². The van der Waals surface area contributed by atoms with E-state index >= 15 is 0 Å². The fourth-order valence-electron chi connectivity index (χ4n) is 3.04. The maximum Gasteiger partial charge on any atom is 0.261 e. The average molecular weight is 435 g/mol. The number of hydrogen-bond acceptors (Lipinski definition) is 5. The lowest BCUT2D eigenvalue weighted by Crippen LogP contribution is -2.21. The van der Waals surface area contributed by atoms with Gasteiger partial charge in [-0.3, -0.25) is 4.79 Å². The van der Waals surface area contributed by atoms with Crippen molar-refractivity contribution in [1.82, 2.24) is 0 Å². The first-order valence-corrected chi connectivity index (χ1v) is 9.82. The molecule has 0 aliphatic heterocycles. The van der Waals surface area contributed by atoms with Gasteiger partial charge in [-0.2, -0.15) is 0 Å². The summed E-state index contributed by atoms with van der Waals surface area (Å²) in [6, 6.07) is 21.2. The first kappa shape index (κ1) is 20.5. The third kappa shape index (κ3) is 4.54. The van der Waals surface area contributed by atoms with Crippen LogP contribution in [0.15, 0.2) is 82.2 Å². The highest BCUT2D eigenvalue weighted by molar-refractivity contribution is 6.30. The van der Waals surface area contributed by atoms with Crippen LogP contribution in [0.5, 0.6) is 11.5 Å². The molecule has 0 bridgehead atoms. The van der Waals surface area contributed by atoms with Gasteiger partial charge in [0.1, 0.15) is 28.3 Å². The molecule has 156 valence electrons. The maximum atomic E-state index is 13.1. The first-order chi connectivity index (χ1) is 15.1. The summed E-state index contributed by atoms with van der Waals surface area (Å²) in [6.45, 7) is 0. The topological polar surface area (TPSA) is 73.1 Å².